The Morgan fingerprint density at radius 2 is 2.00 bits per heavy atom. The minimum atomic E-state index is -4.35. The number of halogens is 3. The van der Waals surface area contributed by atoms with Gasteiger partial charge in [-0.05, 0) is 43.6 Å². The first-order valence-corrected chi connectivity index (χ1v) is 7.07. The molecule has 0 unspecified atom stereocenters. The number of rotatable bonds is 5. The van der Waals surface area contributed by atoms with Crippen molar-refractivity contribution in [1.82, 2.24) is 4.90 Å². The number of likely N-dealkylation sites (tertiary alicyclic amines) is 1. The van der Waals surface area contributed by atoms with E-state index in [9.17, 15) is 18.0 Å². The van der Waals surface area contributed by atoms with Gasteiger partial charge >= 0.3 is 12.1 Å². The topological polar surface area (TPSA) is 49.8 Å². The second-order valence-electron chi connectivity index (χ2n) is 5.44. The van der Waals surface area contributed by atoms with Crippen molar-refractivity contribution in [3.8, 4) is 5.75 Å². The SMILES string of the molecule is O=C(O)C1CCN(Cc2cccc(OCC(F)(F)F)c2)CC1. The van der Waals surface area contributed by atoms with Crippen LogP contribution in [0.25, 0.3) is 0 Å². The van der Waals surface area contributed by atoms with Crippen LogP contribution in [0.1, 0.15) is 18.4 Å². The second kappa shape index (κ2) is 7.00. The van der Waals surface area contributed by atoms with E-state index in [0.717, 1.165) is 5.56 Å². The molecule has 1 aliphatic heterocycles. The van der Waals surface area contributed by atoms with Crippen molar-refractivity contribution in [3.63, 3.8) is 0 Å². The van der Waals surface area contributed by atoms with Gasteiger partial charge in [-0.2, -0.15) is 13.2 Å². The number of ether oxygens (including phenoxy) is 1. The van der Waals surface area contributed by atoms with E-state index >= 15 is 0 Å². The van der Waals surface area contributed by atoms with Crippen LogP contribution in [0.3, 0.4) is 0 Å². The number of alkyl halides is 3. The van der Waals surface area contributed by atoms with Gasteiger partial charge in [0.05, 0.1) is 5.92 Å². The summed E-state index contributed by atoms with van der Waals surface area (Å²) in [7, 11) is 0. The summed E-state index contributed by atoms with van der Waals surface area (Å²) in [4.78, 5) is 13.0. The van der Waals surface area contributed by atoms with Crippen molar-refractivity contribution >= 4 is 5.97 Å². The molecular weight excluding hydrogens is 299 g/mol. The largest absolute Gasteiger partial charge is 0.484 e. The van der Waals surface area contributed by atoms with Crippen LogP contribution in [-0.2, 0) is 11.3 Å². The molecule has 1 aliphatic rings. The third-order valence-corrected chi connectivity index (χ3v) is 3.64. The summed E-state index contributed by atoms with van der Waals surface area (Å²) in [5.41, 5.74) is 0.855. The predicted octanol–water partition coefficient (Wildman–Crippen LogP) is 2.92. The molecule has 0 aliphatic carbocycles. The third kappa shape index (κ3) is 5.22. The molecule has 0 saturated carbocycles. The number of hydrogen-bond donors (Lipinski definition) is 1. The minimum absolute atomic E-state index is 0.190. The fourth-order valence-electron chi connectivity index (χ4n) is 2.50. The van der Waals surface area contributed by atoms with Gasteiger partial charge in [0.2, 0.25) is 0 Å². The summed E-state index contributed by atoms with van der Waals surface area (Å²) in [6.45, 7) is 0.616. The number of carboxylic acid groups (broad SMARTS) is 1. The molecule has 0 amide bonds. The van der Waals surface area contributed by atoms with Crippen LogP contribution in [0.5, 0.6) is 5.75 Å². The summed E-state index contributed by atoms with van der Waals surface area (Å²) >= 11 is 0. The molecule has 22 heavy (non-hydrogen) atoms. The molecule has 0 bridgehead atoms. The van der Waals surface area contributed by atoms with Crippen LogP contribution in [0.4, 0.5) is 13.2 Å². The number of carbonyl (C=O) groups is 1. The summed E-state index contributed by atoms with van der Waals surface area (Å²) in [5.74, 6) is -0.866. The molecule has 122 valence electrons. The maximum atomic E-state index is 12.1. The number of aliphatic carboxylic acids is 1. The molecule has 2 rings (SSSR count). The van der Waals surface area contributed by atoms with Crippen molar-refractivity contribution in [3.05, 3.63) is 29.8 Å². The van der Waals surface area contributed by atoms with Crippen LogP contribution in [0.2, 0.25) is 0 Å². The maximum absolute atomic E-state index is 12.1. The van der Waals surface area contributed by atoms with E-state index in [2.05, 4.69) is 4.90 Å². The van der Waals surface area contributed by atoms with E-state index in [1.807, 2.05) is 6.07 Å². The Bertz CT molecular complexity index is 511. The van der Waals surface area contributed by atoms with Crippen molar-refractivity contribution in [2.75, 3.05) is 19.7 Å². The van der Waals surface area contributed by atoms with Gasteiger partial charge < -0.3 is 9.84 Å². The molecule has 7 heteroatoms. The zero-order valence-corrected chi connectivity index (χ0v) is 12.0. The number of benzene rings is 1. The van der Waals surface area contributed by atoms with Gasteiger partial charge in [0.1, 0.15) is 5.75 Å². The highest BCUT2D eigenvalue weighted by Crippen LogP contribution is 2.22. The molecule has 0 atom stereocenters. The van der Waals surface area contributed by atoms with Crippen LogP contribution in [-0.4, -0.2) is 41.8 Å². The van der Waals surface area contributed by atoms with Gasteiger partial charge in [0, 0.05) is 6.54 Å². The summed E-state index contributed by atoms with van der Waals surface area (Å²) in [6, 6.07) is 6.57. The molecule has 1 heterocycles. The maximum Gasteiger partial charge on any atom is 0.422 e. The molecule has 1 N–H and O–H groups in total. The minimum Gasteiger partial charge on any atom is -0.484 e. The van der Waals surface area contributed by atoms with Gasteiger partial charge in [-0.25, -0.2) is 0 Å². The molecule has 4 nitrogen and oxygen atoms in total. The quantitative estimate of drug-likeness (QED) is 0.907. The van der Waals surface area contributed by atoms with Crippen LogP contribution in [0.15, 0.2) is 24.3 Å². The van der Waals surface area contributed by atoms with Gasteiger partial charge in [-0.15, -0.1) is 0 Å². The summed E-state index contributed by atoms with van der Waals surface area (Å²) in [6.07, 6.45) is -3.16. The molecule has 0 aromatic heterocycles. The zero-order chi connectivity index (χ0) is 16.2. The summed E-state index contributed by atoms with van der Waals surface area (Å²) < 4.78 is 41.1. The third-order valence-electron chi connectivity index (χ3n) is 3.64. The van der Waals surface area contributed by atoms with E-state index in [0.29, 0.717) is 32.5 Å². The molecule has 1 fully saturated rings. The van der Waals surface area contributed by atoms with Gasteiger partial charge in [0.25, 0.3) is 0 Å². The average molecular weight is 317 g/mol. The predicted molar refractivity (Wildman–Crippen MR) is 73.6 cm³/mol. The first-order valence-electron chi connectivity index (χ1n) is 7.07. The normalized spacial score (nSPS) is 17.4. The fraction of sp³-hybridized carbons (Fsp3) is 0.533. The van der Waals surface area contributed by atoms with Crippen LogP contribution in [0, 0.1) is 5.92 Å². The van der Waals surface area contributed by atoms with E-state index in [4.69, 9.17) is 9.84 Å². The second-order valence-corrected chi connectivity index (χ2v) is 5.44. The molecule has 1 aromatic rings. The highest BCUT2D eigenvalue weighted by molar-refractivity contribution is 5.70. The molecule has 1 saturated heterocycles. The Balaban J connectivity index is 1.87. The molecule has 1 aromatic carbocycles. The summed E-state index contributed by atoms with van der Waals surface area (Å²) in [5, 5.41) is 8.95. The van der Waals surface area contributed by atoms with Crippen molar-refractivity contribution < 1.29 is 27.8 Å². The van der Waals surface area contributed by atoms with E-state index in [1.54, 1.807) is 12.1 Å². The Labute approximate surface area is 126 Å². The fourth-order valence-corrected chi connectivity index (χ4v) is 2.50. The van der Waals surface area contributed by atoms with E-state index in [-0.39, 0.29) is 11.7 Å². The lowest BCUT2D eigenvalue weighted by molar-refractivity contribution is -0.153. The highest BCUT2D eigenvalue weighted by atomic mass is 19.4. The van der Waals surface area contributed by atoms with Crippen LogP contribution >= 0.6 is 0 Å². The highest BCUT2D eigenvalue weighted by Gasteiger charge is 2.28. The van der Waals surface area contributed by atoms with E-state index in [1.165, 1.54) is 6.07 Å². The molecule has 0 radical (unpaired) electrons. The van der Waals surface area contributed by atoms with Gasteiger partial charge in [-0.3, -0.25) is 9.69 Å². The standard InChI is InChI=1S/C15H18F3NO3/c16-15(17,18)10-22-13-3-1-2-11(8-13)9-19-6-4-12(5-7-19)14(20)21/h1-3,8,12H,4-7,9-10H2,(H,20,21). The first kappa shape index (κ1) is 16.6. The zero-order valence-electron chi connectivity index (χ0n) is 12.0. The number of carboxylic acids is 1. The van der Waals surface area contributed by atoms with Crippen LogP contribution < -0.4 is 4.74 Å². The van der Waals surface area contributed by atoms with Crippen molar-refractivity contribution in [2.24, 2.45) is 5.92 Å². The molecular formula is C15H18F3NO3. The lowest BCUT2D eigenvalue weighted by Gasteiger charge is -2.30. The molecule has 0 spiro atoms. The smallest absolute Gasteiger partial charge is 0.422 e. The number of piperidine rings is 1. The number of hydrogen-bond acceptors (Lipinski definition) is 3. The average Bonchev–Trinajstić information content (AvgIpc) is 2.45. The van der Waals surface area contributed by atoms with Crippen molar-refractivity contribution in [1.29, 1.82) is 0 Å². The lowest BCUT2D eigenvalue weighted by atomic mass is 9.97. The Morgan fingerprint density at radius 3 is 2.59 bits per heavy atom. The van der Waals surface area contributed by atoms with Gasteiger partial charge in [0.15, 0.2) is 6.61 Å². The van der Waals surface area contributed by atoms with Gasteiger partial charge in [-0.1, -0.05) is 12.1 Å². The van der Waals surface area contributed by atoms with E-state index < -0.39 is 18.8 Å². The number of nitrogens with zero attached hydrogens (tertiary/aromatic N) is 1. The lowest BCUT2D eigenvalue weighted by Crippen LogP contribution is -2.35. The first-order chi connectivity index (χ1) is 10.3. The Kier molecular flexibility index (Phi) is 5.28. The Hall–Kier alpha value is -1.76. The van der Waals surface area contributed by atoms with Crippen molar-refractivity contribution in [2.45, 2.75) is 25.6 Å². The monoisotopic (exact) mass is 317 g/mol. The Morgan fingerprint density at radius 1 is 1.32 bits per heavy atom.